The Kier molecular flexibility index (Phi) is 2.79. The van der Waals surface area contributed by atoms with Crippen molar-refractivity contribution < 1.29 is 4.74 Å². The van der Waals surface area contributed by atoms with Crippen LogP contribution in [0.5, 0.6) is 5.75 Å². The lowest BCUT2D eigenvalue weighted by molar-refractivity contribution is 0.413. The van der Waals surface area contributed by atoms with E-state index in [9.17, 15) is 0 Å². The van der Waals surface area contributed by atoms with Crippen molar-refractivity contribution in [2.24, 2.45) is 7.05 Å². The van der Waals surface area contributed by atoms with Gasteiger partial charge in [-0.05, 0) is 31.0 Å². The third kappa shape index (κ3) is 1.98. The standard InChI is InChI=1S/C13H17N3O/c1-8-5-9(2)13(17-4)10(6-8)11-7-12(14)15-16(11)3/h5-7H,1-4H3,(H2,14,15). The van der Waals surface area contributed by atoms with Gasteiger partial charge in [-0.3, -0.25) is 4.68 Å². The molecule has 0 saturated carbocycles. The molecule has 90 valence electrons. The van der Waals surface area contributed by atoms with Crippen LogP contribution >= 0.6 is 0 Å². The zero-order valence-corrected chi connectivity index (χ0v) is 10.6. The molecule has 0 aliphatic heterocycles. The molecule has 4 heteroatoms. The molecule has 0 spiro atoms. The zero-order valence-electron chi connectivity index (χ0n) is 10.6. The van der Waals surface area contributed by atoms with Crippen molar-refractivity contribution >= 4 is 5.82 Å². The summed E-state index contributed by atoms with van der Waals surface area (Å²) in [4.78, 5) is 0. The van der Waals surface area contributed by atoms with Gasteiger partial charge >= 0.3 is 0 Å². The molecular weight excluding hydrogens is 214 g/mol. The summed E-state index contributed by atoms with van der Waals surface area (Å²) in [5, 5.41) is 4.16. The van der Waals surface area contributed by atoms with Crippen LogP contribution in [0.15, 0.2) is 18.2 Å². The van der Waals surface area contributed by atoms with Crippen LogP contribution in [0.4, 0.5) is 5.82 Å². The minimum Gasteiger partial charge on any atom is -0.496 e. The Labute approximate surface area is 101 Å². The topological polar surface area (TPSA) is 53.1 Å². The molecule has 0 atom stereocenters. The van der Waals surface area contributed by atoms with Gasteiger partial charge < -0.3 is 10.5 Å². The summed E-state index contributed by atoms with van der Waals surface area (Å²) in [5.74, 6) is 1.39. The fourth-order valence-corrected chi connectivity index (χ4v) is 2.16. The molecule has 4 nitrogen and oxygen atoms in total. The fourth-order valence-electron chi connectivity index (χ4n) is 2.16. The molecule has 0 aliphatic rings. The number of aromatic nitrogens is 2. The molecule has 0 fully saturated rings. The van der Waals surface area contributed by atoms with Gasteiger partial charge in [-0.2, -0.15) is 5.10 Å². The van der Waals surface area contributed by atoms with Crippen molar-refractivity contribution in [2.45, 2.75) is 13.8 Å². The summed E-state index contributed by atoms with van der Waals surface area (Å²) in [5.41, 5.74) is 10.0. The third-order valence-electron chi connectivity index (χ3n) is 2.80. The SMILES string of the molecule is COc1c(C)cc(C)cc1-c1cc(N)nn1C. The van der Waals surface area contributed by atoms with E-state index >= 15 is 0 Å². The number of nitrogens with two attached hydrogens (primary N) is 1. The first-order valence-corrected chi connectivity index (χ1v) is 5.48. The molecule has 0 bridgehead atoms. The van der Waals surface area contributed by atoms with Crippen LogP contribution in [-0.2, 0) is 7.05 Å². The largest absolute Gasteiger partial charge is 0.496 e. The normalized spacial score (nSPS) is 10.6. The molecule has 17 heavy (non-hydrogen) atoms. The van der Waals surface area contributed by atoms with Gasteiger partial charge in [-0.15, -0.1) is 0 Å². The Hall–Kier alpha value is -1.97. The quantitative estimate of drug-likeness (QED) is 0.862. The van der Waals surface area contributed by atoms with E-state index in [4.69, 9.17) is 10.5 Å². The van der Waals surface area contributed by atoms with Crippen molar-refractivity contribution in [2.75, 3.05) is 12.8 Å². The number of rotatable bonds is 2. The first kappa shape index (κ1) is 11.5. The van der Waals surface area contributed by atoms with Crippen LogP contribution in [0.3, 0.4) is 0 Å². The maximum absolute atomic E-state index is 5.71. The van der Waals surface area contributed by atoms with E-state index in [1.807, 2.05) is 20.0 Å². The van der Waals surface area contributed by atoms with Gasteiger partial charge in [0.1, 0.15) is 11.6 Å². The number of ether oxygens (including phenoxy) is 1. The van der Waals surface area contributed by atoms with Crippen LogP contribution in [0.1, 0.15) is 11.1 Å². The summed E-state index contributed by atoms with van der Waals surface area (Å²) in [6, 6.07) is 6.04. The number of nitrogen functional groups attached to an aromatic ring is 1. The number of hydrogen-bond acceptors (Lipinski definition) is 3. The fraction of sp³-hybridized carbons (Fsp3) is 0.308. The van der Waals surface area contributed by atoms with Gasteiger partial charge in [0.05, 0.1) is 12.8 Å². The van der Waals surface area contributed by atoms with Crippen LogP contribution in [-0.4, -0.2) is 16.9 Å². The number of aryl methyl sites for hydroxylation is 3. The van der Waals surface area contributed by atoms with E-state index in [1.54, 1.807) is 11.8 Å². The number of anilines is 1. The summed E-state index contributed by atoms with van der Waals surface area (Å²) >= 11 is 0. The summed E-state index contributed by atoms with van der Waals surface area (Å²) in [7, 11) is 3.56. The highest BCUT2D eigenvalue weighted by molar-refractivity contribution is 5.72. The Balaban J connectivity index is 2.69. The summed E-state index contributed by atoms with van der Waals surface area (Å²) in [6.45, 7) is 4.10. The smallest absolute Gasteiger partial charge is 0.146 e. The van der Waals surface area contributed by atoms with Gasteiger partial charge in [0.25, 0.3) is 0 Å². The molecule has 1 aromatic heterocycles. The van der Waals surface area contributed by atoms with Gasteiger partial charge in [-0.1, -0.05) is 6.07 Å². The van der Waals surface area contributed by atoms with E-state index in [0.29, 0.717) is 5.82 Å². The Morgan fingerprint density at radius 3 is 2.47 bits per heavy atom. The van der Waals surface area contributed by atoms with E-state index in [-0.39, 0.29) is 0 Å². The van der Waals surface area contributed by atoms with Crippen molar-refractivity contribution in [3.05, 3.63) is 29.3 Å². The maximum Gasteiger partial charge on any atom is 0.146 e. The summed E-state index contributed by atoms with van der Waals surface area (Å²) in [6.07, 6.45) is 0. The second kappa shape index (κ2) is 4.13. The number of benzene rings is 1. The zero-order chi connectivity index (χ0) is 12.6. The molecule has 0 radical (unpaired) electrons. The van der Waals surface area contributed by atoms with Crippen LogP contribution < -0.4 is 10.5 Å². The Morgan fingerprint density at radius 2 is 1.94 bits per heavy atom. The van der Waals surface area contributed by atoms with Crippen molar-refractivity contribution in [3.63, 3.8) is 0 Å². The molecule has 2 N–H and O–H groups in total. The monoisotopic (exact) mass is 231 g/mol. The van der Waals surface area contributed by atoms with E-state index < -0.39 is 0 Å². The first-order chi connectivity index (χ1) is 8.02. The Bertz CT molecular complexity index is 558. The molecule has 0 unspecified atom stereocenters. The lowest BCUT2D eigenvalue weighted by Crippen LogP contribution is -1.98. The lowest BCUT2D eigenvalue weighted by Gasteiger charge is -2.12. The van der Waals surface area contributed by atoms with E-state index in [0.717, 1.165) is 22.6 Å². The second-order valence-corrected chi connectivity index (χ2v) is 4.24. The second-order valence-electron chi connectivity index (χ2n) is 4.24. The highest BCUT2D eigenvalue weighted by Crippen LogP contribution is 2.34. The minimum absolute atomic E-state index is 0.517. The average molecular weight is 231 g/mol. The minimum atomic E-state index is 0.517. The van der Waals surface area contributed by atoms with E-state index in [2.05, 4.69) is 24.2 Å². The number of methoxy groups -OCH3 is 1. The predicted molar refractivity (Wildman–Crippen MR) is 69.1 cm³/mol. The first-order valence-electron chi connectivity index (χ1n) is 5.48. The average Bonchev–Trinajstić information content (AvgIpc) is 2.56. The van der Waals surface area contributed by atoms with Gasteiger partial charge in [-0.25, -0.2) is 0 Å². The van der Waals surface area contributed by atoms with Crippen LogP contribution in [0, 0.1) is 13.8 Å². The maximum atomic E-state index is 5.71. The van der Waals surface area contributed by atoms with Gasteiger partial charge in [0, 0.05) is 18.7 Å². The van der Waals surface area contributed by atoms with Crippen molar-refractivity contribution in [1.82, 2.24) is 9.78 Å². The Morgan fingerprint density at radius 1 is 1.24 bits per heavy atom. The van der Waals surface area contributed by atoms with E-state index in [1.165, 1.54) is 5.56 Å². The molecular formula is C13H17N3O. The van der Waals surface area contributed by atoms with Crippen LogP contribution in [0.25, 0.3) is 11.3 Å². The van der Waals surface area contributed by atoms with Crippen molar-refractivity contribution in [1.29, 1.82) is 0 Å². The van der Waals surface area contributed by atoms with Gasteiger partial charge in [0.2, 0.25) is 0 Å². The highest BCUT2D eigenvalue weighted by atomic mass is 16.5. The van der Waals surface area contributed by atoms with Crippen molar-refractivity contribution in [3.8, 4) is 17.0 Å². The molecule has 0 saturated heterocycles. The number of hydrogen-bond donors (Lipinski definition) is 1. The molecule has 1 heterocycles. The molecule has 0 aliphatic carbocycles. The molecule has 2 rings (SSSR count). The predicted octanol–water partition coefficient (Wildman–Crippen LogP) is 2.29. The molecule has 2 aromatic rings. The molecule has 0 amide bonds. The lowest BCUT2D eigenvalue weighted by atomic mass is 10.0. The summed E-state index contributed by atoms with van der Waals surface area (Å²) < 4.78 is 7.24. The third-order valence-corrected chi connectivity index (χ3v) is 2.80. The highest BCUT2D eigenvalue weighted by Gasteiger charge is 2.13. The molecule has 1 aromatic carbocycles. The van der Waals surface area contributed by atoms with Crippen LogP contribution in [0.2, 0.25) is 0 Å². The van der Waals surface area contributed by atoms with Gasteiger partial charge in [0.15, 0.2) is 0 Å². The number of nitrogens with zero attached hydrogens (tertiary/aromatic N) is 2.